The van der Waals surface area contributed by atoms with E-state index < -0.39 is 0 Å². The third-order valence-corrected chi connectivity index (χ3v) is 4.23. The van der Waals surface area contributed by atoms with Gasteiger partial charge in [-0.05, 0) is 43.7 Å². The summed E-state index contributed by atoms with van der Waals surface area (Å²) in [6.07, 6.45) is 10.9. The fourth-order valence-electron chi connectivity index (χ4n) is 2.91. The Balaban J connectivity index is 2.07. The van der Waals surface area contributed by atoms with Gasteiger partial charge in [-0.3, -0.25) is 0 Å². The van der Waals surface area contributed by atoms with Gasteiger partial charge in [0, 0.05) is 6.54 Å². The van der Waals surface area contributed by atoms with Crippen molar-refractivity contribution < 1.29 is 0 Å². The monoisotopic (exact) mass is 240 g/mol. The standard InChI is InChI=1S/C15H32N2/c1-14(2)8-4-7-11-17-13-15(12-16)9-5-3-6-10-15/h14,17H,3-13,16H2,1-2H3. The van der Waals surface area contributed by atoms with Crippen LogP contribution < -0.4 is 11.1 Å². The summed E-state index contributed by atoms with van der Waals surface area (Å²) in [6.45, 7) is 7.80. The lowest BCUT2D eigenvalue weighted by molar-refractivity contribution is 0.191. The number of unbranched alkanes of at least 4 members (excludes halogenated alkanes) is 1. The molecule has 0 radical (unpaired) electrons. The average Bonchev–Trinajstić information content (AvgIpc) is 2.34. The van der Waals surface area contributed by atoms with Crippen molar-refractivity contribution in [3.63, 3.8) is 0 Å². The van der Waals surface area contributed by atoms with Gasteiger partial charge >= 0.3 is 0 Å². The molecular formula is C15H32N2. The summed E-state index contributed by atoms with van der Waals surface area (Å²) in [5.41, 5.74) is 6.41. The van der Waals surface area contributed by atoms with Crippen LogP contribution >= 0.6 is 0 Å². The molecule has 0 spiro atoms. The van der Waals surface area contributed by atoms with Crippen molar-refractivity contribution in [2.75, 3.05) is 19.6 Å². The van der Waals surface area contributed by atoms with Crippen LogP contribution in [0.5, 0.6) is 0 Å². The molecular weight excluding hydrogens is 208 g/mol. The summed E-state index contributed by atoms with van der Waals surface area (Å²) >= 11 is 0. The van der Waals surface area contributed by atoms with Gasteiger partial charge in [0.05, 0.1) is 0 Å². The summed E-state index contributed by atoms with van der Waals surface area (Å²) in [5, 5.41) is 3.64. The molecule has 2 nitrogen and oxygen atoms in total. The van der Waals surface area contributed by atoms with Gasteiger partial charge in [-0.2, -0.15) is 0 Å². The Bertz CT molecular complexity index is 183. The van der Waals surface area contributed by atoms with Crippen LogP contribution in [0.25, 0.3) is 0 Å². The zero-order valence-corrected chi connectivity index (χ0v) is 11.9. The second kappa shape index (κ2) is 8.10. The first kappa shape index (κ1) is 15.0. The summed E-state index contributed by atoms with van der Waals surface area (Å²) in [4.78, 5) is 0. The topological polar surface area (TPSA) is 38.0 Å². The van der Waals surface area contributed by atoms with Crippen LogP contribution in [0, 0.1) is 11.3 Å². The number of hydrogen-bond donors (Lipinski definition) is 2. The van der Waals surface area contributed by atoms with Crippen LogP contribution in [0.2, 0.25) is 0 Å². The number of hydrogen-bond acceptors (Lipinski definition) is 2. The van der Waals surface area contributed by atoms with Crippen LogP contribution in [0.15, 0.2) is 0 Å². The molecule has 102 valence electrons. The third-order valence-electron chi connectivity index (χ3n) is 4.23. The Morgan fingerprint density at radius 2 is 1.82 bits per heavy atom. The largest absolute Gasteiger partial charge is 0.330 e. The molecule has 1 fully saturated rings. The van der Waals surface area contributed by atoms with Gasteiger partial charge in [0.1, 0.15) is 0 Å². The highest BCUT2D eigenvalue weighted by atomic mass is 14.9. The maximum Gasteiger partial charge on any atom is 0.00199 e. The van der Waals surface area contributed by atoms with Crippen LogP contribution in [-0.2, 0) is 0 Å². The van der Waals surface area contributed by atoms with Crippen molar-refractivity contribution in [2.45, 2.75) is 65.2 Å². The minimum Gasteiger partial charge on any atom is -0.330 e. The van der Waals surface area contributed by atoms with Gasteiger partial charge in [0.2, 0.25) is 0 Å². The summed E-state index contributed by atoms with van der Waals surface area (Å²) in [7, 11) is 0. The van der Waals surface area contributed by atoms with Gasteiger partial charge in [-0.1, -0.05) is 46.0 Å². The maximum absolute atomic E-state index is 5.98. The minimum absolute atomic E-state index is 0.427. The lowest BCUT2D eigenvalue weighted by Gasteiger charge is -2.36. The Morgan fingerprint density at radius 1 is 1.12 bits per heavy atom. The molecule has 3 N–H and O–H groups in total. The highest BCUT2D eigenvalue weighted by Crippen LogP contribution is 2.34. The van der Waals surface area contributed by atoms with Crippen molar-refractivity contribution in [1.29, 1.82) is 0 Å². The Morgan fingerprint density at radius 3 is 2.41 bits per heavy atom. The molecule has 0 aromatic heterocycles. The molecule has 0 saturated heterocycles. The lowest BCUT2D eigenvalue weighted by Crippen LogP contribution is -2.42. The van der Waals surface area contributed by atoms with E-state index in [2.05, 4.69) is 19.2 Å². The van der Waals surface area contributed by atoms with Gasteiger partial charge < -0.3 is 11.1 Å². The first-order valence-electron chi connectivity index (χ1n) is 7.59. The molecule has 1 saturated carbocycles. The van der Waals surface area contributed by atoms with Gasteiger partial charge in [-0.25, -0.2) is 0 Å². The Kier molecular flexibility index (Phi) is 7.14. The van der Waals surface area contributed by atoms with Gasteiger partial charge in [0.25, 0.3) is 0 Å². The van der Waals surface area contributed by atoms with E-state index in [1.54, 1.807) is 0 Å². The van der Waals surface area contributed by atoms with Gasteiger partial charge in [-0.15, -0.1) is 0 Å². The normalized spacial score (nSPS) is 19.8. The first-order valence-corrected chi connectivity index (χ1v) is 7.59. The maximum atomic E-state index is 5.98. The molecule has 17 heavy (non-hydrogen) atoms. The third kappa shape index (κ3) is 5.87. The molecule has 0 bridgehead atoms. The summed E-state index contributed by atoms with van der Waals surface area (Å²) in [6, 6.07) is 0. The average molecular weight is 240 g/mol. The van der Waals surface area contributed by atoms with Crippen molar-refractivity contribution in [3.05, 3.63) is 0 Å². The SMILES string of the molecule is CC(C)CCCCNCC1(CN)CCCCC1. The van der Waals surface area contributed by atoms with E-state index in [0.29, 0.717) is 5.41 Å². The first-order chi connectivity index (χ1) is 8.18. The second-order valence-corrected chi connectivity index (χ2v) is 6.33. The lowest BCUT2D eigenvalue weighted by atomic mass is 9.74. The summed E-state index contributed by atoms with van der Waals surface area (Å²) in [5.74, 6) is 0.851. The Hall–Kier alpha value is -0.0800. The highest BCUT2D eigenvalue weighted by Gasteiger charge is 2.29. The molecule has 1 aliphatic carbocycles. The number of nitrogens with one attached hydrogen (secondary N) is 1. The van der Waals surface area contributed by atoms with Crippen molar-refractivity contribution in [2.24, 2.45) is 17.1 Å². The van der Waals surface area contributed by atoms with Crippen LogP contribution in [0.1, 0.15) is 65.2 Å². The fraction of sp³-hybridized carbons (Fsp3) is 1.00. The Labute approximate surface area is 108 Å². The van der Waals surface area contributed by atoms with E-state index >= 15 is 0 Å². The quantitative estimate of drug-likeness (QED) is 0.639. The molecule has 0 unspecified atom stereocenters. The molecule has 0 heterocycles. The van der Waals surface area contributed by atoms with Crippen molar-refractivity contribution in [3.8, 4) is 0 Å². The fourth-order valence-corrected chi connectivity index (χ4v) is 2.91. The molecule has 0 amide bonds. The zero-order chi connectivity index (χ0) is 12.6. The minimum atomic E-state index is 0.427. The molecule has 2 heteroatoms. The molecule has 0 aliphatic heterocycles. The highest BCUT2D eigenvalue weighted by molar-refractivity contribution is 4.85. The zero-order valence-electron chi connectivity index (χ0n) is 11.9. The summed E-state index contributed by atoms with van der Waals surface area (Å²) < 4.78 is 0. The van der Waals surface area contributed by atoms with Gasteiger partial charge in [0.15, 0.2) is 0 Å². The molecule has 0 aromatic carbocycles. The number of nitrogens with two attached hydrogens (primary N) is 1. The smallest absolute Gasteiger partial charge is 0.00199 e. The van der Waals surface area contributed by atoms with E-state index in [1.807, 2.05) is 0 Å². The van der Waals surface area contributed by atoms with Crippen LogP contribution in [-0.4, -0.2) is 19.6 Å². The van der Waals surface area contributed by atoms with E-state index in [0.717, 1.165) is 19.0 Å². The van der Waals surface area contributed by atoms with E-state index in [9.17, 15) is 0 Å². The van der Waals surface area contributed by atoms with E-state index in [-0.39, 0.29) is 0 Å². The van der Waals surface area contributed by atoms with Crippen LogP contribution in [0.4, 0.5) is 0 Å². The number of rotatable bonds is 8. The molecule has 1 aliphatic rings. The van der Waals surface area contributed by atoms with E-state index in [4.69, 9.17) is 5.73 Å². The van der Waals surface area contributed by atoms with E-state index in [1.165, 1.54) is 57.9 Å². The second-order valence-electron chi connectivity index (χ2n) is 6.33. The van der Waals surface area contributed by atoms with Crippen LogP contribution in [0.3, 0.4) is 0 Å². The molecule has 1 rings (SSSR count). The van der Waals surface area contributed by atoms with Crippen molar-refractivity contribution in [1.82, 2.24) is 5.32 Å². The predicted molar refractivity (Wildman–Crippen MR) is 76.1 cm³/mol. The molecule has 0 atom stereocenters. The van der Waals surface area contributed by atoms with Crippen molar-refractivity contribution >= 4 is 0 Å². The predicted octanol–water partition coefficient (Wildman–Crippen LogP) is 3.31. The molecule has 0 aromatic rings.